The fourth-order valence-electron chi connectivity index (χ4n) is 4.86. The third kappa shape index (κ3) is 4.27. The van der Waals surface area contributed by atoms with Crippen molar-refractivity contribution in [3.63, 3.8) is 0 Å². The van der Waals surface area contributed by atoms with Crippen molar-refractivity contribution in [3.8, 4) is 17.2 Å². The number of aromatic nitrogens is 6. The van der Waals surface area contributed by atoms with Crippen LogP contribution in [0.25, 0.3) is 28.2 Å². The Morgan fingerprint density at radius 1 is 1.14 bits per heavy atom. The van der Waals surface area contributed by atoms with Gasteiger partial charge < -0.3 is 9.88 Å². The molecule has 1 aliphatic rings. The summed E-state index contributed by atoms with van der Waals surface area (Å²) in [5.74, 6) is 0.617. The normalized spacial score (nSPS) is 17.9. The lowest BCUT2D eigenvalue weighted by Crippen LogP contribution is -2.38. The lowest BCUT2D eigenvalue weighted by atomic mass is 9.90. The molecular formula is C25H21ClFN7OS. The van der Waals surface area contributed by atoms with E-state index in [9.17, 15) is 9.18 Å². The Bertz CT molecular complexity index is 1550. The van der Waals surface area contributed by atoms with Gasteiger partial charge in [-0.3, -0.25) is 4.79 Å². The molecule has 36 heavy (non-hydrogen) atoms. The van der Waals surface area contributed by atoms with Crippen molar-refractivity contribution in [1.29, 1.82) is 0 Å². The van der Waals surface area contributed by atoms with E-state index >= 15 is 0 Å². The Kier molecular flexibility index (Phi) is 5.98. The number of benzene rings is 1. The highest BCUT2D eigenvalue weighted by Crippen LogP contribution is 2.37. The first-order valence-electron chi connectivity index (χ1n) is 11.6. The van der Waals surface area contributed by atoms with Crippen LogP contribution in [0, 0.1) is 5.82 Å². The van der Waals surface area contributed by atoms with Crippen LogP contribution in [0.2, 0.25) is 4.34 Å². The maximum absolute atomic E-state index is 14.9. The van der Waals surface area contributed by atoms with Crippen LogP contribution in [0.1, 0.15) is 41.4 Å². The first kappa shape index (κ1) is 22.8. The molecule has 8 nitrogen and oxygen atoms in total. The summed E-state index contributed by atoms with van der Waals surface area (Å²) in [4.78, 5) is 24.1. The van der Waals surface area contributed by atoms with Gasteiger partial charge in [-0.25, -0.2) is 14.4 Å². The fraction of sp³-hybridized carbons (Fsp3) is 0.240. The molecule has 5 aromatic rings. The molecular weight excluding hydrogens is 501 g/mol. The quantitative estimate of drug-likeness (QED) is 0.332. The van der Waals surface area contributed by atoms with Gasteiger partial charge in [0.2, 0.25) is 0 Å². The van der Waals surface area contributed by atoms with Gasteiger partial charge in [0.15, 0.2) is 5.82 Å². The summed E-state index contributed by atoms with van der Waals surface area (Å²) in [6.07, 6.45) is 8.18. The van der Waals surface area contributed by atoms with E-state index in [1.807, 2.05) is 6.07 Å². The number of hydrogen-bond donors (Lipinski definition) is 1. The van der Waals surface area contributed by atoms with Crippen LogP contribution >= 0.6 is 22.9 Å². The van der Waals surface area contributed by atoms with E-state index < -0.39 is 0 Å². The Morgan fingerprint density at radius 2 is 1.97 bits per heavy atom. The van der Waals surface area contributed by atoms with Crippen LogP contribution in [-0.4, -0.2) is 41.5 Å². The zero-order valence-corrected chi connectivity index (χ0v) is 20.6. The Balaban J connectivity index is 1.40. The number of hydrogen-bond acceptors (Lipinski definition) is 6. The molecule has 0 aliphatic heterocycles. The molecule has 1 aliphatic carbocycles. The highest BCUT2D eigenvalue weighted by atomic mass is 35.5. The van der Waals surface area contributed by atoms with Crippen LogP contribution in [-0.2, 0) is 0 Å². The van der Waals surface area contributed by atoms with E-state index in [2.05, 4.69) is 25.1 Å². The second-order valence-electron chi connectivity index (χ2n) is 8.73. The van der Waals surface area contributed by atoms with Gasteiger partial charge in [0.1, 0.15) is 17.2 Å². The number of rotatable bonds is 5. The maximum atomic E-state index is 14.9. The topological polar surface area (TPSA) is 90.5 Å². The summed E-state index contributed by atoms with van der Waals surface area (Å²) >= 11 is 7.28. The summed E-state index contributed by atoms with van der Waals surface area (Å²) in [6.45, 7) is 0. The van der Waals surface area contributed by atoms with Crippen molar-refractivity contribution >= 4 is 39.9 Å². The molecule has 4 heterocycles. The largest absolute Gasteiger partial charge is 0.349 e. The molecule has 0 unspecified atom stereocenters. The average Bonchev–Trinajstić information content (AvgIpc) is 3.64. The molecule has 0 bridgehead atoms. The van der Waals surface area contributed by atoms with Crippen molar-refractivity contribution < 1.29 is 9.18 Å². The number of carbonyl (C=O) groups excluding carboxylic acids is 1. The van der Waals surface area contributed by atoms with Gasteiger partial charge in [0.05, 0.1) is 38.9 Å². The predicted octanol–water partition coefficient (Wildman–Crippen LogP) is 5.45. The summed E-state index contributed by atoms with van der Waals surface area (Å²) in [7, 11) is 0. The highest BCUT2D eigenvalue weighted by molar-refractivity contribution is 7.18. The standard InChI is InChI=1S/C25H21ClFN7OS/c26-22-9-8-21(36-22)25(35)31-15-4-3-5-16(12-15)33-20-13-23(34-29-10-11-30-34)28-14-19(20)32-24(33)17-6-1-2-7-18(17)27/h1-2,6-11,13-16H,3-5,12H2,(H,31,35)/t15-,16+/m0/s1. The molecule has 1 fully saturated rings. The zero-order chi connectivity index (χ0) is 24.6. The van der Waals surface area contributed by atoms with E-state index in [1.54, 1.807) is 48.9 Å². The molecule has 1 aromatic carbocycles. The van der Waals surface area contributed by atoms with Crippen molar-refractivity contribution in [2.45, 2.75) is 37.8 Å². The number of amides is 1. The Hall–Kier alpha value is -3.63. The van der Waals surface area contributed by atoms with Gasteiger partial charge in [0.25, 0.3) is 5.91 Å². The summed E-state index contributed by atoms with van der Waals surface area (Å²) in [5.41, 5.74) is 1.90. The van der Waals surface area contributed by atoms with Gasteiger partial charge in [0, 0.05) is 18.2 Å². The SMILES string of the molecule is O=C(N[C@H]1CCC[C@@H](n2c(-c3ccccc3F)nc3cnc(-n4nccn4)cc32)C1)c1ccc(Cl)s1. The van der Waals surface area contributed by atoms with E-state index in [-0.39, 0.29) is 23.8 Å². The second kappa shape index (κ2) is 9.44. The summed E-state index contributed by atoms with van der Waals surface area (Å²) in [5, 5.41) is 11.5. The monoisotopic (exact) mass is 521 g/mol. The fourth-order valence-corrected chi connectivity index (χ4v) is 5.80. The number of halogens is 2. The number of imidazole rings is 1. The number of nitrogens with zero attached hydrogens (tertiary/aromatic N) is 6. The predicted molar refractivity (Wildman–Crippen MR) is 136 cm³/mol. The van der Waals surface area contributed by atoms with Crippen molar-refractivity contribution in [3.05, 3.63) is 76.1 Å². The molecule has 0 saturated heterocycles. The first-order chi connectivity index (χ1) is 17.6. The van der Waals surface area contributed by atoms with Crippen molar-refractivity contribution in [2.24, 2.45) is 0 Å². The Labute approximate surface area is 214 Å². The average molecular weight is 522 g/mol. The number of fused-ring (bicyclic) bond motifs is 1. The molecule has 1 saturated carbocycles. The molecule has 11 heteroatoms. The second-order valence-corrected chi connectivity index (χ2v) is 10.4. The molecule has 182 valence electrons. The molecule has 1 amide bonds. The molecule has 2 atom stereocenters. The van der Waals surface area contributed by atoms with Crippen LogP contribution in [0.5, 0.6) is 0 Å². The van der Waals surface area contributed by atoms with E-state index in [0.717, 1.165) is 24.8 Å². The smallest absolute Gasteiger partial charge is 0.261 e. The van der Waals surface area contributed by atoms with Crippen molar-refractivity contribution in [1.82, 2.24) is 34.8 Å². The number of nitrogens with one attached hydrogen (secondary N) is 1. The van der Waals surface area contributed by atoms with Gasteiger partial charge in [-0.2, -0.15) is 10.2 Å². The third-order valence-corrected chi connectivity index (χ3v) is 7.67. The van der Waals surface area contributed by atoms with Gasteiger partial charge >= 0.3 is 0 Å². The van der Waals surface area contributed by atoms with E-state index in [4.69, 9.17) is 16.6 Å². The molecule has 6 rings (SSSR count). The molecule has 4 aromatic heterocycles. The third-order valence-electron chi connectivity index (χ3n) is 6.44. The van der Waals surface area contributed by atoms with Crippen LogP contribution in [0.4, 0.5) is 4.39 Å². The maximum Gasteiger partial charge on any atom is 0.261 e. The zero-order valence-electron chi connectivity index (χ0n) is 19.0. The number of pyridine rings is 1. The Morgan fingerprint density at radius 3 is 2.75 bits per heavy atom. The van der Waals surface area contributed by atoms with Gasteiger partial charge in [-0.15, -0.1) is 16.1 Å². The van der Waals surface area contributed by atoms with E-state index in [0.29, 0.717) is 38.4 Å². The van der Waals surface area contributed by atoms with Crippen LogP contribution in [0.3, 0.4) is 0 Å². The van der Waals surface area contributed by atoms with Crippen molar-refractivity contribution in [2.75, 3.05) is 0 Å². The number of thiophene rings is 1. The van der Waals surface area contributed by atoms with E-state index in [1.165, 1.54) is 22.2 Å². The lowest BCUT2D eigenvalue weighted by Gasteiger charge is -2.32. The van der Waals surface area contributed by atoms with Crippen LogP contribution in [0.15, 0.2) is 61.1 Å². The molecule has 1 N–H and O–H groups in total. The summed E-state index contributed by atoms with van der Waals surface area (Å²) < 4.78 is 17.6. The molecule has 0 radical (unpaired) electrons. The van der Waals surface area contributed by atoms with Crippen LogP contribution < -0.4 is 5.32 Å². The minimum Gasteiger partial charge on any atom is -0.349 e. The minimum absolute atomic E-state index is 0.00332. The minimum atomic E-state index is -0.341. The lowest BCUT2D eigenvalue weighted by molar-refractivity contribution is 0.0925. The summed E-state index contributed by atoms with van der Waals surface area (Å²) in [6, 6.07) is 11.9. The van der Waals surface area contributed by atoms with Gasteiger partial charge in [-0.1, -0.05) is 23.7 Å². The number of carbonyl (C=O) groups is 1. The van der Waals surface area contributed by atoms with Gasteiger partial charge in [-0.05, 0) is 49.9 Å². The molecule has 0 spiro atoms. The first-order valence-corrected chi connectivity index (χ1v) is 12.8. The highest BCUT2D eigenvalue weighted by Gasteiger charge is 2.29.